The van der Waals surface area contributed by atoms with Gasteiger partial charge in [-0.3, -0.25) is 4.98 Å². The minimum atomic E-state index is 0.992. The van der Waals surface area contributed by atoms with Crippen molar-refractivity contribution in [3.63, 3.8) is 0 Å². The first kappa shape index (κ1) is 15.8. The van der Waals surface area contributed by atoms with Crippen LogP contribution in [0, 0.1) is 0 Å². The number of pyridine rings is 1. The van der Waals surface area contributed by atoms with Gasteiger partial charge in [-0.1, -0.05) is 31.2 Å². The average Bonchev–Trinajstić information content (AvgIpc) is 3.07. The zero-order chi connectivity index (χ0) is 16.1. The summed E-state index contributed by atoms with van der Waals surface area (Å²) in [4.78, 5) is 11.2. The molecule has 23 heavy (non-hydrogen) atoms. The minimum absolute atomic E-state index is 0.992. The Morgan fingerprint density at radius 2 is 1.91 bits per heavy atom. The first-order valence-corrected chi connectivity index (χ1v) is 8.78. The number of rotatable bonds is 6. The van der Waals surface area contributed by atoms with Crippen LogP contribution in [0.5, 0.6) is 0 Å². The van der Waals surface area contributed by atoms with Crippen molar-refractivity contribution in [1.82, 2.24) is 14.9 Å². The van der Waals surface area contributed by atoms with E-state index in [9.17, 15) is 0 Å². The highest BCUT2D eigenvalue weighted by Gasteiger charge is 2.07. The maximum absolute atomic E-state index is 4.74. The molecule has 0 radical (unpaired) electrons. The molecule has 1 aromatic carbocycles. The Bertz CT molecular complexity index is 735. The highest BCUT2D eigenvalue weighted by molar-refractivity contribution is 7.13. The number of aromatic nitrogens is 2. The molecule has 0 amide bonds. The van der Waals surface area contributed by atoms with Crippen molar-refractivity contribution in [2.45, 2.75) is 19.9 Å². The van der Waals surface area contributed by atoms with Gasteiger partial charge < -0.3 is 4.90 Å². The Labute approximate surface area is 141 Å². The summed E-state index contributed by atoms with van der Waals surface area (Å²) >= 11 is 1.66. The summed E-state index contributed by atoms with van der Waals surface area (Å²) in [5.41, 5.74) is 4.61. The molecule has 0 spiro atoms. The molecule has 0 bridgehead atoms. The molecule has 3 nitrogen and oxygen atoms in total. The number of benzene rings is 1. The summed E-state index contributed by atoms with van der Waals surface area (Å²) in [6, 6.07) is 12.7. The molecule has 0 saturated carbocycles. The second-order valence-corrected chi connectivity index (χ2v) is 6.57. The van der Waals surface area contributed by atoms with Crippen LogP contribution in [0.4, 0.5) is 0 Å². The third-order valence-electron chi connectivity index (χ3n) is 3.72. The van der Waals surface area contributed by atoms with Crippen LogP contribution in [-0.2, 0) is 6.54 Å². The number of hydrogen-bond donors (Lipinski definition) is 0. The van der Waals surface area contributed by atoms with Crippen molar-refractivity contribution in [2.24, 2.45) is 0 Å². The molecular formula is C19H21N3S. The SMILES string of the molecule is CCCN(C)Cc1ccc(-c2csc(-c3cccnc3)n2)cc1. The molecule has 118 valence electrons. The summed E-state index contributed by atoms with van der Waals surface area (Å²) in [5, 5.41) is 3.13. The standard InChI is InChI=1S/C19H21N3S/c1-3-11-22(2)13-15-6-8-16(9-7-15)18-14-23-19(21-18)17-5-4-10-20-12-17/h4-10,12,14H,3,11,13H2,1-2H3. The Kier molecular flexibility index (Phi) is 5.16. The van der Waals surface area contributed by atoms with Crippen LogP contribution in [0.3, 0.4) is 0 Å². The molecule has 2 aromatic heterocycles. The molecule has 2 heterocycles. The highest BCUT2D eigenvalue weighted by atomic mass is 32.1. The number of thiazole rings is 1. The summed E-state index contributed by atoms with van der Waals surface area (Å²) in [6.07, 6.45) is 4.83. The Morgan fingerprint density at radius 1 is 1.09 bits per heavy atom. The van der Waals surface area contributed by atoms with Crippen molar-refractivity contribution in [1.29, 1.82) is 0 Å². The molecule has 3 aromatic rings. The predicted octanol–water partition coefficient (Wildman–Crippen LogP) is 4.71. The lowest BCUT2D eigenvalue weighted by atomic mass is 10.1. The second-order valence-electron chi connectivity index (χ2n) is 5.71. The van der Waals surface area contributed by atoms with Crippen LogP contribution in [0.2, 0.25) is 0 Å². The zero-order valence-electron chi connectivity index (χ0n) is 13.6. The van der Waals surface area contributed by atoms with E-state index in [0.29, 0.717) is 0 Å². The minimum Gasteiger partial charge on any atom is -0.302 e. The van der Waals surface area contributed by atoms with Gasteiger partial charge in [0.15, 0.2) is 0 Å². The molecule has 0 N–H and O–H groups in total. The molecule has 0 unspecified atom stereocenters. The largest absolute Gasteiger partial charge is 0.302 e. The fourth-order valence-electron chi connectivity index (χ4n) is 2.58. The van der Waals surface area contributed by atoms with Gasteiger partial charge in [0, 0.05) is 35.4 Å². The molecule has 4 heteroatoms. The topological polar surface area (TPSA) is 29.0 Å². The lowest BCUT2D eigenvalue weighted by Crippen LogP contribution is -2.18. The van der Waals surface area contributed by atoms with Gasteiger partial charge in [-0.05, 0) is 37.7 Å². The van der Waals surface area contributed by atoms with E-state index in [0.717, 1.165) is 29.4 Å². The van der Waals surface area contributed by atoms with E-state index in [1.165, 1.54) is 17.5 Å². The van der Waals surface area contributed by atoms with E-state index < -0.39 is 0 Å². The second kappa shape index (κ2) is 7.49. The quantitative estimate of drug-likeness (QED) is 0.657. The van der Waals surface area contributed by atoms with Gasteiger partial charge in [0.05, 0.1) is 5.69 Å². The maximum Gasteiger partial charge on any atom is 0.125 e. The van der Waals surface area contributed by atoms with Crippen molar-refractivity contribution < 1.29 is 0 Å². The molecule has 0 saturated heterocycles. The molecule has 0 fully saturated rings. The van der Waals surface area contributed by atoms with E-state index >= 15 is 0 Å². The predicted molar refractivity (Wildman–Crippen MR) is 97.4 cm³/mol. The van der Waals surface area contributed by atoms with Gasteiger partial charge in [-0.15, -0.1) is 11.3 Å². The Hall–Kier alpha value is -2.04. The number of hydrogen-bond acceptors (Lipinski definition) is 4. The van der Waals surface area contributed by atoms with Crippen LogP contribution in [0.1, 0.15) is 18.9 Å². The van der Waals surface area contributed by atoms with Gasteiger partial charge in [0.25, 0.3) is 0 Å². The van der Waals surface area contributed by atoms with Crippen LogP contribution in [0.25, 0.3) is 21.8 Å². The summed E-state index contributed by atoms with van der Waals surface area (Å²) in [5.74, 6) is 0. The molecule has 0 aliphatic carbocycles. The molecule has 0 aliphatic rings. The third kappa shape index (κ3) is 4.03. The molecule has 0 atom stereocenters. The Morgan fingerprint density at radius 3 is 2.61 bits per heavy atom. The van der Waals surface area contributed by atoms with Crippen LogP contribution < -0.4 is 0 Å². The van der Waals surface area contributed by atoms with Crippen LogP contribution in [0.15, 0.2) is 54.2 Å². The monoisotopic (exact) mass is 323 g/mol. The highest BCUT2D eigenvalue weighted by Crippen LogP contribution is 2.28. The van der Waals surface area contributed by atoms with E-state index in [1.807, 2.05) is 18.3 Å². The lowest BCUT2D eigenvalue weighted by Gasteiger charge is -2.15. The van der Waals surface area contributed by atoms with Gasteiger partial charge in [-0.25, -0.2) is 4.98 Å². The van der Waals surface area contributed by atoms with Crippen LogP contribution >= 0.6 is 11.3 Å². The lowest BCUT2D eigenvalue weighted by molar-refractivity contribution is 0.327. The van der Waals surface area contributed by atoms with Gasteiger partial charge in [0.2, 0.25) is 0 Å². The van der Waals surface area contributed by atoms with Gasteiger partial charge >= 0.3 is 0 Å². The third-order valence-corrected chi connectivity index (χ3v) is 4.61. The number of nitrogens with zero attached hydrogens (tertiary/aromatic N) is 3. The van der Waals surface area contributed by atoms with E-state index in [2.05, 4.69) is 53.5 Å². The van der Waals surface area contributed by atoms with Gasteiger partial charge in [0.1, 0.15) is 5.01 Å². The summed E-state index contributed by atoms with van der Waals surface area (Å²) in [7, 11) is 2.16. The average molecular weight is 323 g/mol. The normalized spacial score (nSPS) is 11.1. The fourth-order valence-corrected chi connectivity index (χ4v) is 3.40. The Balaban J connectivity index is 1.74. The molecule has 3 rings (SSSR count). The van der Waals surface area contributed by atoms with Gasteiger partial charge in [-0.2, -0.15) is 0 Å². The van der Waals surface area contributed by atoms with Crippen LogP contribution in [-0.4, -0.2) is 28.5 Å². The van der Waals surface area contributed by atoms with Crippen molar-refractivity contribution in [3.05, 3.63) is 59.7 Å². The summed E-state index contributed by atoms with van der Waals surface area (Å²) < 4.78 is 0. The fraction of sp³-hybridized carbons (Fsp3) is 0.263. The molecular weight excluding hydrogens is 302 g/mol. The molecule has 0 aliphatic heterocycles. The first-order chi connectivity index (χ1) is 11.3. The van der Waals surface area contributed by atoms with Crippen molar-refractivity contribution in [2.75, 3.05) is 13.6 Å². The van der Waals surface area contributed by atoms with E-state index in [-0.39, 0.29) is 0 Å². The smallest absolute Gasteiger partial charge is 0.125 e. The van der Waals surface area contributed by atoms with E-state index in [4.69, 9.17) is 4.98 Å². The summed E-state index contributed by atoms with van der Waals surface area (Å²) in [6.45, 7) is 4.33. The zero-order valence-corrected chi connectivity index (χ0v) is 14.4. The van der Waals surface area contributed by atoms with Crippen molar-refractivity contribution in [3.8, 4) is 21.8 Å². The van der Waals surface area contributed by atoms with E-state index in [1.54, 1.807) is 17.5 Å². The first-order valence-electron chi connectivity index (χ1n) is 7.90. The maximum atomic E-state index is 4.74. The van der Waals surface area contributed by atoms with Crippen molar-refractivity contribution >= 4 is 11.3 Å².